The summed E-state index contributed by atoms with van der Waals surface area (Å²) in [6.07, 6.45) is 3.77. The number of rotatable bonds is 13. The first kappa shape index (κ1) is 18.8. The summed E-state index contributed by atoms with van der Waals surface area (Å²) in [5, 5.41) is 3.45. The predicted octanol–water partition coefficient (Wildman–Crippen LogP) is 1.85. The fraction of sp³-hybridized carbons (Fsp3) is 1.00. The molecule has 1 saturated heterocycles. The highest BCUT2D eigenvalue weighted by Crippen LogP contribution is 2.19. The molecule has 2 unspecified atom stereocenters. The van der Waals surface area contributed by atoms with Gasteiger partial charge in [0.15, 0.2) is 0 Å². The third kappa shape index (κ3) is 10.2. The van der Waals surface area contributed by atoms with E-state index < -0.39 is 0 Å². The summed E-state index contributed by atoms with van der Waals surface area (Å²) in [5.41, 5.74) is 0. The molecular weight excluding hydrogens is 270 g/mol. The number of nitrogens with one attached hydrogen (secondary N) is 1. The lowest BCUT2D eigenvalue weighted by atomic mass is 10.2. The molecule has 0 spiro atoms. The van der Waals surface area contributed by atoms with Crippen LogP contribution in [0.2, 0.25) is 0 Å². The summed E-state index contributed by atoms with van der Waals surface area (Å²) in [6.45, 7) is 9.91. The lowest BCUT2D eigenvalue weighted by molar-refractivity contribution is -0.0294. The Morgan fingerprint density at radius 3 is 2.57 bits per heavy atom. The molecule has 1 rings (SSSR count). The van der Waals surface area contributed by atoms with Crippen LogP contribution in [-0.2, 0) is 18.9 Å². The fourth-order valence-corrected chi connectivity index (χ4v) is 2.33. The predicted molar refractivity (Wildman–Crippen MR) is 83.7 cm³/mol. The lowest BCUT2D eigenvalue weighted by Gasteiger charge is -2.15. The summed E-state index contributed by atoms with van der Waals surface area (Å²) in [4.78, 5) is 0. The van der Waals surface area contributed by atoms with E-state index in [0.717, 1.165) is 45.6 Å². The Bertz CT molecular complexity index is 238. The summed E-state index contributed by atoms with van der Waals surface area (Å²) in [7, 11) is 1.70. The molecule has 1 aliphatic rings. The van der Waals surface area contributed by atoms with E-state index in [9.17, 15) is 0 Å². The molecule has 0 aromatic rings. The van der Waals surface area contributed by atoms with Gasteiger partial charge < -0.3 is 24.3 Å². The number of hydrogen-bond donors (Lipinski definition) is 1. The Labute approximate surface area is 129 Å². The van der Waals surface area contributed by atoms with Gasteiger partial charge in [-0.1, -0.05) is 13.8 Å². The van der Waals surface area contributed by atoms with Gasteiger partial charge in [0.25, 0.3) is 0 Å². The van der Waals surface area contributed by atoms with Crippen molar-refractivity contribution in [2.45, 2.75) is 45.3 Å². The summed E-state index contributed by atoms with van der Waals surface area (Å²) < 4.78 is 22.0. The third-order valence-electron chi connectivity index (χ3n) is 3.43. The molecular formula is C16H33NO4. The first-order chi connectivity index (χ1) is 10.2. The van der Waals surface area contributed by atoms with Gasteiger partial charge in [-0.05, 0) is 31.7 Å². The van der Waals surface area contributed by atoms with Crippen LogP contribution in [0.1, 0.15) is 33.1 Å². The molecule has 2 atom stereocenters. The molecule has 0 saturated carbocycles. The number of hydrogen-bond acceptors (Lipinski definition) is 5. The second-order valence-electron chi connectivity index (χ2n) is 6.04. The Morgan fingerprint density at radius 1 is 1.05 bits per heavy atom. The quantitative estimate of drug-likeness (QED) is 0.526. The molecule has 1 fully saturated rings. The van der Waals surface area contributed by atoms with E-state index >= 15 is 0 Å². The van der Waals surface area contributed by atoms with Crippen LogP contribution >= 0.6 is 0 Å². The van der Waals surface area contributed by atoms with E-state index in [1.54, 1.807) is 7.11 Å². The van der Waals surface area contributed by atoms with Gasteiger partial charge in [0.05, 0.1) is 32.0 Å². The highest BCUT2D eigenvalue weighted by Gasteiger charge is 2.24. The molecule has 21 heavy (non-hydrogen) atoms. The second-order valence-corrected chi connectivity index (χ2v) is 6.04. The molecule has 0 aromatic carbocycles. The third-order valence-corrected chi connectivity index (χ3v) is 3.43. The van der Waals surface area contributed by atoms with Crippen molar-refractivity contribution in [1.82, 2.24) is 5.32 Å². The maximum absolute atomic E-state index is 5.96. The SMILES string of the molecule is COCCCOCCOCC1CCC(CNCC(C)C)O1. The van der Waals surface area contributed by atoms with Gasteiger partial charge in [-0.25, -0.2) is 0 Å². The fourth-order valence-electron chi connectivity index (χ4n) is 2.33. The minimum Gasteiger partial charge on any atom is -0.385 e. The van der Waals surface area contributed by atoms with Crippen LogP contribution in [-0.4, -0.2) is 65.4 Å². The Hall–Kier alpha value is -0.200. The first-order valence-corrected chi connectivity index (χ1v) is 8.23. The maximum Gasteiger partial charge on any atom is 0.0813 e. The Balaban J connectivity index is 1.88. The van der Waals surface area contributed by atoms with Crippen molar-refractivity contribution < 1.29 is 18.9 Å². The van der Waals surface area contributed by atoms with E-state index in [1.165, 1.54) is 0 Å². The van der Waals surface area contributed by atoms with Crippen LogP contribution < -0.4 is 5.32 Å². The lowest BCUT2D eigenvalue weighted by Crippen LogP contribution is -2.30. The van der Waals surface area contributed by atoms with Crippen molar-refractivity contribution in [3.63, 3.8) is 0 Å². The van der Waals surface area contributed by atoms with Crippen LogP contribution in [0.4, 0.5) is 0 Å². The van der Waals surface area contributed by atoms with Crippen LogP contribution in [0.15, 0.2) is 0 Å². The first-order valence-electron chi connectivity index (χ1n) is 8.23. The summed E-state index contributed by atoms with van der Waals surface area (Å²) in [6, 6.07) is 0. The van der Waals surface area contributed by atoms with Gasteiger partial charge in [0.2, 0.25) is 0 Å². The highest BCUT2D eigenvalue weighted by molar-refractivity contribution is 4.75. The van der Waals surface area contributed by atoms with Crippen LogP contribution in [0.5, 0.6) is 0 Å². The molecule has 0 bridgehead atoms. The topological polar surface area (TPSA) is 49.0 Å². The van der Waals surface area contributed by atoms with Crippen molar-refractivity contribution in [3.8, 4) is 0 Å². The molecule has 5 nitrogen and oxygen atoms in total. The zero-order chi connectivity index (χ0) is 15.3. The Kier molecular flexibility index (Phi) is 11.1. The van der Waals surface area contributed by atoms with Crippen LogP contribution in [0.25, 0.3) is 0 Å². The van der Waals surface area contributed by atoms with Crippen molar-refractivity contribution in [2.75, 3.05) is 53.2 Å². The highest BCUT2D eigenvalue weighted by atomic mass is 16.6. The average Bonchev–Trinajstić information content (AvgIpc) is 2.89. The maximum atomic E-state index is 5.96. The van der Waals surface area contributed by atoms with Gasteiger partial charge in [0.1, 0.15) is 0 Å². The summed E-state index contributed by atoms with van der Waals surface area (Å²) in [5.74, 6) is 0.689. The van der Waals surface area contributed by atoms with Crippen molar-refractivity contribution in [2.24, 2.45) is 5.92 Å². The molecule has 0 aromatic heterocycles. The average molecular weight is 303 g/mol. The van der Waals surface area contributed by atoms with Crippen LogP contribution in [0, 0.1) is 5.92 Å². The van der Waals surface area contributed by atoms with Crippen molar-refractivity contribution in [1.29, 1.82) is 0 Å². The molecule has 1 aliphatic heterocycles. The summed E-state index contributed by atoms with van der Waals surface area (Å²) >= 11 is 0. The van der Waals surface area contributed by atoms with E-state index in [4.69, 9.17) is 18.9 Å². The largest absolute Gasteiger partial charge is 0.385 e. The smallest absolute Gasteiger partial charge is 0.0813 e. The standard InChI is InChI=1S/C16H33NO4/c1-14(2)11-17-12-15-5-6-16(21-15)13-20-10-9-19-8-4-7-18-3/h14-17H,4-13H2,1-3H3. The zero-order valence-corrected chi connectivity index (χ0v) is 13.9. The van der Waals surface area contributed by atoms with E-state index in [2.05, 4.69) is 19.2 Å². The van der Waals surface area contributed by atoms with E-state index in [0.29, 0.717) is 31.8 Å². The van der Waals surface area contributed by atoms with Gasteiger partial charge >= 0.3 is 0 Å². The van der Waals surface area contributed by atoms with Gasteiger partial charge in [0, 0.05) is 26.9 Å². The number of methoxy groups -OCH3 is 1. The van der Waals surface area contributed by atoms with Gasteiger partial charge in [-0.15, -0.1) is 0 Å². The molecule has 126 valence electrons. The second kappa shape index (κ2) is 12.4. The molecule has 0 amide bonds. The van der Waals surface area contributed by atoms with Crippen LogP contribution in [0.3, 0.4) is 0 Å². The zero-order valence-electron chi connectivity index (χ0n) is 13.9. The monoisotopic (exact) mass is 303 g/mol. The van der Waals surface area contributed by atoms with Gasteiger partial charge in [-0.3, -0.25) is 0 Å². The van der Waals surface area contributed by atoms with Crippen molar-refractivity contribution >= 4 is 0 Å². The minimum absolute atomic E-state index is 0.254. The van der Waals surface area contributed by atoms with Gasteiger partial charge in [-0.2, -0.15) is 0 Å². The molecule has 1 N–H and O–H groups in total. The van der Waals surface area contributed by atoms with E-state index in [-0.39, 0.29) is 6.10 Å². The van der Waals surface area contributed by atoms with E-state index in [1.807, 2.05) is 0 Å². The molecule has 0 radical (unpaired) electrons. The van der Waals surface area contributed by atoms with Crippen molar-refractivity contribution in [3.05, 3.63) is 0 Å². The normalized spacial score (nSPS) is 22.3. The number of ether oxygens (including phenoxy) is 4. The molecule has 5 heteroatoms. The molecule has 1 heterocycles. The minimum atomic E-state index is 0.254. The molecule has 0 aliphatic carbocycles. The Morgan fingerprint density at radius 2 is 1.81 bits per heavy atom.